The average Bonchev–Trinajstić information content (AvgIpc) is 2.77. The van der Waals surface area contributed by atoms with E-state index >= 15 is 0 Å². The first kappa shape index (κ1) is 12.0. The predicted molar refractivity (Wildman–Crippen MR) is 62.9 cm³/mol. The van der Waals surface area contributed by atoms with Crippen LogP contribution in [0.3, 0.4) is 0 Å². The maximum Gasteiger partial charge on any atom is 0.310 e. The molecule has 1 aromatic carbocycles. The van der Waals surface area contributed by atoms with E-state index in [4.69, 9.17) is 9.63 Å². The van der Waals surface area contributed by atoms with Gasteiger partial charge in [0.25, 0.3) is 0 Å². The maximum absolute atomic E-state index is 11.3. The Hall–Kier alpha value is -2.43. The van der Waals surface area contributed by atoms with Crippen LogP contribution in [-0.2, 0) is 16.0 Å². The molecule has 0 spiro atoms. The van der Waals surface area contributed by atoms with Crippen LogP contribution in [0.2, 0.25) is 0 Å². The Labute approximate surface area is 103 Å². The molecule has 1 aromatic heterocycles. The molecule has 18 heavy (non-hydrogen) atoms. The van der Waals surface area contributed by atoms with E-state index in [0.29, 0.717) is 11.5 Å². The highest BCUT2D eigenvalue weighted by atomic mass is 16.5. The molecule has 0 fully saturated rings. The van der Waals surface area contributed by atoms with Crippen molar-refractivity contribution in [3.05, 3.63) is 42.2 Å². The largest absolute Gasteiger partial charge is 0.481 e. The minimum atomic E-state index is -1.14. The summed E-state index contributed by atoms with van der Waals surface area (Å²) in [7, 11) is 0. The fourth-order valence-corrected chi connectivity index (χ4v) is 1.57. The van der Waals surface area contributed by atoms with E-state index in [0.717, 1.165) is 5.56 Å². The van der Waals surface area contributed by atoms with Crippen LogP contribution in [0.15, 0.2) is 40.9 Å². The number of nitrogens with zero attached hydrogens (tertiary/aromatic N) is 1. The minimum Gasteiger partial charge on any atom is -0.481 e. The number of carboxylic acid groups (broad SMARTS) is 1. The number of hydrogen-bond donors (Lipinski definition) is 1. The summed E-state index contributed by atoms with van der Waals surface area (Å²) in [5.41, 5.74) is 1.52. The lowest BCUT2D eigenvalue weighted by molar-refractivity contribution is -0.140. The molecule has 0 atom stereocenters. The van der Waals surface area contributed by atoms with Gasteiger partial charge in [-0.25, -0.2) is 0 Å². The lowest BCUT2D eigenvalue weighted by Gasteiger charge is -1.92. The molecule has 0 bridgehead atoms. The number of carbonyl (C=O) groups excluding carboxylic acids is 1. The van der Waals surface area contributed by atoms with Gasteiger partial charge in [0, 0.05) is 11.6 Å². The molecular formula is C13H11NO4. The van der Waals surface area contributed by atoms with Gasteiger partial charge in [0.15, 0.2) is 5.78 Å². The van der Waals surface area contributed by atoms with Crippen LogP contribution < -0.4 is 0 Å². The van der Waals surface area contributed by atoms with E-state index in [-0.39, 0.29) is 6.42 Å². The second-order valence-electron chi connectivity index (χ2n) is 3.83. The maximum atomic E-state index is 11.3. The molecule has 0 radical (unpaired) electrons. The second kappa shape index (κ2) is 5.27. The zero-order chi connectivity index (χ0) is 13.0. The van der Waals surface area contributed by atoms with Crippen LogP contribution in [0, 0.1) is 0 Å². The van der Waals surface area contributed by atoms with Crippen molar-refractivity contribution < 1.29 is 19.2 Å². The zero-order valence-corrected chi connectivity index (χ0v) is 9.50. The summed E-state index contributed by atoms with van der Waals surface area (Å²) >= 11 is 0. The van der Waals surface area contributed by atoms with Crippen molar-refractivity contribution in [2.24, 2.45) is 0 Å². The molecule has 5 heteroatoms. The summed E-state index contributed by atoms with van der Waals surface area (Å²) in [4.78, 5) is 21.7. The SMILES string of the molecule is O=C(O)CC(=O)Cc1cc(-c2ccccc2)no1. The van der Waals surface area contributed by atoms with Gasteiger partial charge in [-0.1, -0.05) is 35.5 Å². The lowest BCUT2D eigenvalue weighted by atomic mass is 10.1. The molecule has 92 valence electrons. The Morgan fingerprint density at radius 2 is 1.94 bits per heavy atom. The van der Waals surface area contributed by atoms with Gasteiger partial charge in [0.1, 0.15) is 17.9 Å². The van der Waals surface area contributed by atoms with Gasteiger partial charge in [0.2, 0.25) is 0 Å². The number of ketones is 1. The third-order valence-corrected chi connectivity index (χ3v) is 2.35. The topological polar surface area (TPSA) is 80.4 Å². The van der Waals surface area contributed by atoms with E-state index in [1.54, 1.807) is 6.07 Å². The summed E-state index contributed by atoms with van der Waals surface area (Å²) in [6.07, 6.45) is -0.548. The Morgan fingerprint density at radius 3 is 2.61 bits per heavy atom. The molecule has 0 saturated heterocycles. The fraction of sp³-hybridized carbons (Fsp3) is 0.154. The van der Waals surface area contributed by atoms with E-state index in [9.17, 15) is 9.59 Å². The van der Waals surface area contributed by atoms with Crippen LogP contribution in [-0.4, -0.2) is 22.0 Å². The number of aliphatic carboxylic acids is 1. The monoisotopic (exact) mass is 245 g/mol. The van der Waals surface area contributed by atoms with E-state index < -0.39 is 18.2 Å². The number of benzene rings is 1. The first-order chi connectivity index (χ1) is 8.65. The van der Waals surface area contributed by atoms with Gasteiger partial charge in [-0.3, -0.25) is 9.59 Å². The normalized spacial score (nSPS) is 10.2. The van der Waals surface area contributed by atoms with Gasteiger partial charge in [-0.15, -0.1) is 0 Å². The third-order valence-electron chi connectivity index (χ3n) is 2.35. The molecule has 2 aromatic rings. The molecule has 0 amide bonds. The van der Waals surface area contributed by atoms with Crippen LogP contribution in [0.1, 0.15) is 12.2 Å². The van der Waals surface area contributed by atoms with E-state index in [1.807, 2.05) is 30.3 Å². The van der Waals surface area contributed by atoms with Gasteiger partial charge < -0.3 is 9.63 Å². The van der Waals surface area contributed by atoms with Crippen molar-refractivity contribution in [2.45, 2.75) is 12.8 Å². The molecule has 5 nitrogen and oxygen atoms in total. The van der Waals surface area contributed by atoms with Crippen LogP contribution in [0.25, 0.3) is 11.3 Å². The van der Waals surface area contributed by atoms with Gasteiger partial charge in [-0.05, 0) is 0 Å². The van der Waals surface area contributed by atoms with E-state index in [2.05, 4.69) is 5.16 Å². The first-order valence-electron chi connectivity index (χ1n) is 5.39. The summed E-state index contributed by atoms with van der Waals surface area (Å²) in [6, 6.07) is 11.0. The van der Waals surface area contributed by atoms with Crippen molar-refractivity contribution in [3.8, 4) is 11.3 Å². The smallest absolute Gasteiger partial charge is 0.310 e. The Balaban J connectivity index is 2.07. The van der Waals surface area contributed by atoms with Gasteiger partial charge in [0.05, 0.1) is 6.42 Å². The minimum absolute atomic E-state index is 0.0495. The second-order valence-corrected chi connectivity index (χ2v) is 3.83. The van der Waals surface area contributed by atoms with Gasteiger partial charge >= 0.3 is 5.97 Å². The third kappa shape index (κ3) is 3.04. The lowest BCUT2D eigenvalue weighted by Crippen LogP contribution is -2.08. The Kier molecular flexibility index (Phi) is 3.52. The van der Waals surface area contributed by atoms with Crippen LogP contribution >= 0.6 is 0 Å². The quantitative estimate of drug-likeness (QED) is 0.814. The first-order valence-corrected chi connectivity index (χ1v) is 5.39. The average molecular weight is 245 g/mol. The van der Waals surface area contributed by atoms with Crippen molar-refractivity contribution in [1.29, 1.82) is 0 Å². The highest BCUT2D eigenvalue weighted by Gasteiger charge is 2.13. The molecule has 0 saturated carbocycles. The molecule has 0 aliphatic heterocycles. The molecule has 1 N–H and O–H groups in total. The van der Waals surface area contributed by atoms with Crippen molar-refractivity contribution in [1.82, 2.24) is 5.16 Å². The number of hydrogen-bond acceptors (Lipinski definition) is 4. The molecule has 0 aliphatic rings. The number of aromatic nitrogens is 1. The Bertz CT molecular complexity index is 559. The van der Waals surface area contributed by atoms with Crippen LogP contribution in [0.5, 0.6) is 0 Å². The van der Waals surface area contributed by atoms with Crippen molar-refractivity contribution in [3.63, 3.8) is 0 Å². The number of carboxylic acids is 1. The molecule has 0 aliphatic carbocycles. The summed E-state index contributed by atoms with van der Waals surface area (Å²) in [6.45, 7) is 0. The number of rotatable bonds is 5. The summed E-state index contributed by atoms with van der Waals surface area (Å²) in [5.74, 6) is -1.17. The van der Waals surface area contributed by atoms with E-state index in [1.165, 1.54) is 0 Å². The van der Waals surface area contributed by atoms with Crippen molar-refractivity contribution in [2.75, 3.05) is 0 Å². The Morgan fingerprint density at radius 1 is 1.22 bits per heavy atom. The van der Waals surface area contributed by atoms with Gasteiger partial charge in [-0.2, -0.15) is 0 Å². The molecular weight excluding hydrogens is 234 g/mol. The molecule has 0 unspecified atom stereocenters. The zero-order valence-electron chi connectivity index (χ0n) is 9.50. The summed E-state index contributed by atoms with van der Waals surface area (Å²) < 4.78 is 5.01. The summed E-state index contributed by atoms with van der Waals surface area (Å²) in [5, 5.41) is 12.3. The molecule has 2 rings (SSSR count). The number of carbonyl (C=O) groups is 2. The fourth-order valence-electron chi connectivity index (χ4n) is 1.57. The highest BCUT2D eigenvalue weighted by molar-refractivity contribution is 5.95. The standard InChI is InChI=1S/C13H11NO4/c15-10(7-13(16)17)6-11-8-12(14-18-11)9-4-2-1-3-5-9/h1-5,8H,6-7H2,(H,16,17). The van der Waals surface area contributed by atoms with Crippen molar-refractivity contribution >= 4 is 11.8 Å². The van der Waals surface area contributed by atoms with Crippen LogP contribution in [0.4, 0.5) is 0 Å². The molecule has 1 heterocycles. The number of Topliss-reactive ketones (excluding diaryl/α,β-unsaturated/α-hetero) is 1. The predicted octanol–water partition coefficient (Wildman–Crippen LogP) is 1.93. The highest BCUT2D eigenvalue weighted by Crippen LogP contribution is 2.18.